The van der Waals surface area contributed by atoms with Gasteiger partial charge in [-0.1, -0.05) is 15.9 Å². The molecule has 0 saturated carbocycles. The van der Waals surface area contributed by atoms with Crippen molar-refractivity contribution in [3.8, 4) is 11.6 Å². The molecule has 2 heterocycles. The van der Waals surface area contributed by atoms with Gasteiger partial charge < -0.3 is 4.74 Å². The number of hydrogen-bond donors (Lipinski definition) is 0. The maximum atomic E-state index is 5.89. The van der Waals surface area contributed by atoms with E-state index in [0.717, 1.165) is 33.9 Å². The number of alkyl halides is 1. The van der Waals surface area contributed by atoms with Gasteiger partial charge in [0.05, 0.1) is 11.4 Å². The number of aromatic nitrogens is 3. The quantitative estimate of drug-likeness (QED) is 0.817. The average Bonchev–Trinajstić information content (AvgIpc) is 2.56. The Morgan fingerprint density at radius 1 is 1.35 bits per heavy atom. The fourth-order valence-electron chi connectivity index (χ4n) is 1.64. The monoisotopic (exact) mass is 295 g/mol. The third kappa shape index (κ3) is 2.34. The van der Waals surface area contributed by atoms with Crippen molar-refractivity contribution in [1.29, 1.82) is 0 Å². The third-order valence-corrected chi connectivity index (χ3v) is 3.15. The van der Waals surface area contributed by atoms with E-state index in [0.29, 0.717) is 0 Å². The minimum Gasteiger partial charge on any atom is -0.437 e. The summed E-state index contributed by atoms with van der Waals surface area (Å²) in [5, 5.41) is 5.07. The summed E-state index contributed by atoms with van der Waals surface area (Å²) in [6.45, 7) is 3.89. The van der Waals surface area contributed by atoms with Gasteiger partial charge >= 0.3 is 0 Å². The second-order valence-electron chi connectivity index (χ2n) is 3.82. The van der Waals surface area contributed by atoms with Crippen molar-refractivity contribution < 1.29 is 4.74 Å². The van der Waals surface area contributed by atoms with Gasteiger partial charge in [0.25, 0.3) is 0 Å². The highest BCUT2D eigenvalue weighted by Crippen LogP contribution is 2.29. The van der Waals surface area contributed by atoms with Crippen LogP contribution >= 0.6 is 15.9 Å². The fourth-order valence-corrected chi connectivity index (χ4v) is 2.29. The molecule has 2 aromatic heterocycles. The van der Waals surface area contributed by atoms with Crippen LogP contribution in [0.1, 0.15) is 17.0 Å². The lowest BCUT2D eigenvalue weighted by Gasteiger charge is -2.09. The van der Waals surface area contributed by atoms with Crippen molar-refractivity contribution in [2.75, 3.05) is 0 Å². The minimum absolute atomic E-state index is 0.724. The molecule has 0 aromatic carbocycles. The summed E-state index contributed by atoms with van der Waals surface area (Å²) in [7, 11) is 1.88. The Labute approximate surface area is 109 Å². The molecule has 0 N–H and O–H groups in total. The van der Waals surface area contributed by atoms with Crippen LogP contribution in [0.15, 0.2) is 18.3 Å². The summed E-state index contributed by atoms with van der Waals surface area (Å²) in [6, 6.07) is 3.77. The highest BCUT2D eigenvalue weighted by molar-refractivity contribution is 9.08. The second-order valence-corrected chi connectivity index (χ2v) is 4.38. The Hall–Kier alpha value is -1.36. The van der Waals surface area contributed by atoms with Crippen LogP contribution in [0.5, 0.6) is 11.6 Å². The first kappa shape index (κ1) is 12.1. The number of rotatable bonds is 3. The molecule has 0 unspecified atom stereocenters. The van der Waals surface area contributed by atoms with E-state index in [-0.39, 0.29) is 0 Å². The number of halogens is 1. The van der Waals surface area contributed by atoms with E-state index in [2.05, 4.69) is 26.0 Å². The number of pyridine rings is 1. The van der Waals surface area contributed by atoms with Crippen LogP contribution < -0.4 is 4.74 Å². The highest BCUT2D eigenvalue weighted by atomic mass is 79.9. The van der Waals surface area contributed by atoms with Crippen molar-refractivity contribution in [2.24, 2.45) is 7.05 Å². The van der Waals surface area contributed by atoms with Crippen molar-refractivity contribution in [3.63, 3.8) is 0 Å². The van der Waals surface area contributed by atoms with Gasteiger partial charge in [0, 0.05) is 24.1 Å². The van der Waals surface area contributed by atoms with Crippen LogP contribution in [0, 0.1) is 13.8 Å². The predicted octanol–water partition coefficient (Wildman–Crippen LogP) is 3.12. The van der Waals surface area contributed by atoms with Crippen LogP contribution in [-0.2, 0) is 12.4 Å². The molecule has 2 aromatic rings. The zero-order valence-electron chi connectivity index (χ0n) is 10.1. The molecule has 0 aliphatic rings. The highest BCUT2D eigenvalue weighted by Gasteiger charge is 2.15. The minimum atomic E-state index is 0.724. The van der Waals surface area contributed by atoms with E-state index in [4.69, 9.17) is 4.74 Å². The first-order valence-electron chi connectivity index (χ1n) is 5.31. The molecule has 5 heteroatoms. The first-order valence-corrected chi connectivity index (χ1v) is 6.43. The molecular weight excluding hydrogens is 282 g/mol. The molecule has 0 radical (unpaired) electrons. The van der Waals surface area contributed by atoms with E-state index in [1.807, 2.05) is 33.0 Å². The van der Waals surface area contributed by atoms with E-state index in [1.165, 1.54) is 0 Å². The van der Waals surface area contributed by atoms with Gasteiger partial charge in [-0.25, -0.2) is 4.68 Å². The van der Waals surface area contributed by atoms with Crippen LogP contribution in [0.3, 0.4) is 0 Å². The van der Waals surface area contributed by atoms with E-state index < -0.39 is 0 Å². The van der Waals surface area contributed by atoms with Gasteiger partial charge in [-0.3, -0.25) is 4.98 Å². The summed E-state index contributed by atoms with van der Waals surface area (Å²) in [6.07, 6.45) is 1.75. The van der Waals surface area contributed by atoms with Gasteiger partial charge in [0.15, 0.2) is 5.75 Å². The summed E-state index contributed by atoms with van der Waals surface area (Å²) >= 11 is 3.46. The smallest absolute Gasteiger partial charge is 0.221 e. The fraction of sp³-hybridized carbons (Fsp3) is 0.333. The van der Waals surface area contributed by atoms with Crippen LogP contribution in [-0.4, -0.2) is 14.8 Å². The van der Waals surface area contributed by atoms with Gasteiger partial charge in [0.1, 0.15) is 0 Å². The van der Waals surface area contributed by atoms with Gasteiger partial charge in [0.2, 0.25) is 5.88 Å². The van der Waals surface area contributed by atoms with Crippen molar-refractivity contribution in [2.45, 2.75) is 19.2 Å². The lowest BCUT2D eigenvalue weighted by atomic mass is 10.3. The number of hydrogen-bond acceptors (Lipinski definition) is 3. The molecule has 0 amide bonds. The molecule has 0 aliphatic carbocycles. The molecule has 90 valence electrons. The van der Waals surface area contributed by atoms with Gasteiger partial charge in [-0.15, -0.1) is 0 Å². The Morgan fingerprint density at radius 3 is 2.76 bits per heavy atom. The summed E-state index contributed by atoms with van der Waals surface area (Å²) in [5.74, 6) is 1.52. The van der Waals surface area contributed by atoms with E-state index in [9.17, 15) is 0 Å². The molecule has 0 bridgehead atoms. The summed E-state index contributed by atoms with van der Waals surface area (Å²) in [5.41, 5.74) is 2.91. The zero-order chi connectivity index (χ0) is 12.4. The van der Waals surface area contributed by atoms with Crippen LogP contribution in [0.25, 0.3) is 0 Å². The van der Waals surface area contributed by atoms with E-state index in [1.54, 1.807) is 10.9 Å². The van der Waals surface area contributed by atoms with Gasteiger partial charge in [-0.2, -0.15) is 5.10 Å². The molecule has 0 fully saturated rings. The molecule has 0 saturated heterocycles. The first-order chi connectivity index (χ1) is 8.13. The Balaban J connectivity index is 2.40. The van der Waals surface area contributed by atoms with Crippen molar-refractivity contribution in [3.05, 3.63) is 35.3 Å². The van der Waals surface area contributed by atoms with Gasteiger partial charge in [-0.05, 0) is 26.0 Å². The Morgan fingerprint density at radius 2 is 2.12 bits per heavy atom. The Bertz CT molecular complexity index is 537. The molecule has 0 atom stereocenters. The lowest BCUT2D eigenvalue weighted by Crippen LogP contribution is -1.98. The topological polar surface area (TPSA) is 39.9 Å². The second kappa shape index (κ2) is 4.87. The molecule has 0 aliphatic heterocycles. The predicted molar refractivity (Wildman–Crippen MR) is 69.6 cm³/mol. The molecular formula is C12H14BrN3O. The average molecular weight is 296 g/mol. The maximum Gasteiger partial charge on any atom is 0.221 e. The third-order valence-electron chi connectivity index (χ3n) is 2.59. The molecule has 4 nitrogen and oxygen atoms in total. The van der Waals surface area contributed by atoms with Crippen molar-refractivity contribution in [1.82, 2.24) is 14.8 Å². The normalized spacial score (nSPS) is 10.6. The number of nitrogens with zero attached hydrogens (tertiary/aromatic N) is 3. The standard InChI is InChI=1S/C12H14BrN3O/c1-8-10(7-13)12(16(3)15-8)17-11-5-4-6-14-9(11)2/h4-6H,7H2,1-3H3. The summed E-state index contributed by atoms with van der Waals surface area (Å²) in [4.78, 5) is 4.20. The van der Waals surface area contributed by atoms with E-state index >= 15 is 0 Å². The Kier molecular flexibility index (Phi) is 3.47. The van der Waals surface area contributed by atoms with Crippen LogP contribution in [0.2, 0.25) is 0 Å². The summed E-state index contributed by atoms with van der Waals surface area (Å²) < 4.78 is 7.64. The van der Waals surface area contributed by atoms with Crippen LogP contribution in [0.4, 0.5) is 0 Å². The number of aryl methyl sites for hydroxylation is 3. The lowest BCUT2D eigenvalue weighted by molar-refractivity contribution is 0.422. The van der Waals surface area contributed by atoms with Crippen molar-refractivity contribution >= 4 is 15.9 Å². The molecule has 0 spiro atoms. The molecule has 17 heavy (non-hydrogen) atoms. The largest absolute Gasteiger partial charge is 0.437 e. The molecule has 2 rings (SSSR count). The number of ether oxygens (including phenoxy) is 1. The maximum absolute atomic E-state index is 5.89. The SMILES string of the molecule is Cc1ncccc1Oc1c(CBr)c(C)nn1C. The zero-order valence-corrected chi connectivity index (χ0v) is 11.7.